The zero-order valence-corrected chi connectivity index (χ0v) is 18.9. The van der Waals surface area contributed by atoms with Crippen molar-refractivity contribution in [2.24, 2.45) is 5.92 Å². The molecule has 32 heavy (non-hydrogen) atoms. The largest absolute Gasteiger partial charge is 0.465 e. The Bertz CT molecular complexity index is 1040. The number of hydrogen-bond acceptors (Lipinski definition) is 4. The molecule has 174 valence electrons. The monoisotopic (exact) mass is 489 g/mol. The molecule has 2 unspecified atom stereocenters. The van der Waals surface area contributed by atoms with Crippen LogP contribution in [0.15, 0.2) is 53.4 Å². The fraction of sp³-hybridized carbons (Fsp3) is 0.409. The van der Waals surface area contributed by atoms with Crippen molar-refractivity contribution in [2.45, 2.75) is 49.3 Å². The second-order valence-electron chi connectivity index (χ2n) is 7.75. The Morgan fingerprint density at radius 2 is 1.72 bits per heavy atom. The Balaban J connectivity index is 1.95. The molecular formula is C22H23ClF3NO4S. The summed E-state index contributed by atoms with van der Waals surface area (Å²) in [6.45, 7) is -0.123. The number of hydrogen-bond donors (Lipinski definition) is 0. The molecular weight excluding hydrogens is 467 g/mol. The topological polar surface area (TPSA) is 63.7 Å². The van der Waals surface area contributed by atoms with Crippen molar-refractivity contribution in [2.75, 3.05) is 7.11 Å². The zero-order valence-electron chi connectivity index (χ0n) is 17.3. The Morgan fingerprint density at radius 3 is 2.28 bits per heavy atom. The summed E-state index contributed by atoms with van der Waals surface area (Å²) in [5.41, 5.74) is 0.836. The van der Waals surface area contributed by atoms with Gasteiger partial charge in [0.05, 0.1) is 23.5 Å². The molecule has 3 rings (SSSR count). The molecule has 0 amide bonds. The van der Waals surface area contributed by atoms with E-state index in [1.165, 1.54) is 43.5 Å². The number of methoxy groups -OCH3 is 1. The lowest BCUT2D eigenvalue weighted by Crippen LogP contribution is -2.44. The van der Waals surface area contributed by atoms with Crippen LogP contribution >= 0.6 is 11.6 Å². The number of nitrogens with zero attached hydrogens (tertiary/aromatic N) is 1. The van der Waals surface area contributed by atoms with E-state index in [1.807, 2.05) is 0 Å². The van der Waals surface area contributed by atoms with Crippen molar-refractivity contribution in [3.63, 3.8) is 0 Å². The van der Waals surface area contributed by atoms with Crippen LogP contribution in [0.2, 0.25) is 5.02 Å². The summed E-state index contributed by atoms with van der Waals surface area (Å²) < 4.78 is 72.9. The molecule has 0 saturated heterocycles. The Labute approximate surface area is 190 Å². The number of benzene rings is 2. The Morgan fingerprint density at radius 1 is 1.09 bits per heavy atom. The van der Waals surface area contributed by atoms with Gasteiger partial charge in [-0.1, -0.05) is 30.2 Å². The third-order valence-corrected chi connectivity index (χ3v) is 7.81. The van der Waals surface area contributed by atoms with E-state index in [0.717, 1.165) is 4.31 Å². The number of rotatable bonds is 6. The number of carbonyl (C=O) groups excluding carboxylic acids is 1. The molecule has 2 aromatic rings. The van der Waals surface area contributed by atoms with Gasteiger partial charge in [-0.15, -0.1) is 0 Å². The minimum absolute atomic E-state index is 0.0113. The van der Waals surface area contributed by atoms with Crippen molar-refractivity contribution in [3.05, 3.63) is 64.7 Å². The van der Waals surface area contributed by atoms with E-state index in [4.69, 9.17) is 11.6 Å². The molecule has 1 aliphatic carbocycles. The van der Waals surface area contributed by atoms with Crippen LogP contribution in [-0.4, -0.2) is 38.0 Å². The van der Waals surface area contributed by atoms with Gasteiger partial charge in [0, 0.05) is 17.6 Å². The highest BCUT2D eigenvalue weighted by Crippen LogP contribution is 2.40. The second kappa shape index (κ2) is 9.80. The van der Waals surface area contributed by atoms with Crippen molar-refractivity contribution in [3.8, 4) is 0 Å². The van der Waals surface area contributed by atoms with Crippen LogP contribution in [0.25, 0.3) is 0 Å². The summed E-state index contributed by atoms with van der Waals surface area (Å²) >= 11 is 5.87. The van der Waals surface area contributed by atoms with E-state index in [2.05, 4.69) is 4.74 Å². The molecule has 0 N–H and O–H groups in total. The predicted octanol–water partition coefficient (Wildman–Crippen LogP) is 5.44. The van der Waals surface area contributed by atoms with Crippen LogP contribution in [0, 0.1) is 5.92 Å². The summed E-state index contributed by atoms with van der Waals surface area (Å²) in [5.74, 6) is -2.09. The third kappa shape index (κ3) is 5.63. The highest BCUT2D eigenvalue weighted by molar-refractivity contribution is 7.89. The molecule has 2 aromatic carbocycles. The lowest BCUT2D eigenvalue weighted by molar-refractivity contribution is -0.185. The SMILES string of the molecule is COC(=O)c1ccc(CN(C2CCCC(C(F)(F)F)C2)S(=O)(=O)c2ccc(Cl)cc2)cc1. The summed E-state index contributed by atoms with van der Waals surface area (Å²) in [5, 5.41) is 0.351. The standard InChI is InChI=1S/C22H23ClF3NO4S/c1-31-21(28)16-7-5-15(6-8-16)14-27(19-4-2-3-17(13-19)22(24,25)26)32(29,30)20-11-9-18(23)10-12-20/h5-12,17,19H,2-4,13-14H2,1H3. The van der Waals surface area contributed by atoms with Crippen molar-refractivity contribution >= 4 is 27.6 Å². The molecule has 0 bridgehead atoms. The number of halogens is 4. The average molecular weight is 490 g/mol. The molecule has 1 aliphatic rings. The normalized spacial score (nSPS) is 19.7. The molecule has 0 aromatic heterocycles. The van der Waals surface area contributed by atoms with Gasteiger partial charge < -0.3 is 4.74 Å². The van der Waals surface area contributed by atoms with Crippen LogP contribution in [0.3, 0.4) is 0 Å². The van der Waals surface area contributed by atoms with Gasteiger partial charge in [0.2, 0.25) is 10.0 Å². The maximum absolute atomic E-state index is 13.5. The van der Waals surface area contributed by atoms with Crippen molar-refractivity contribution in [1.29, 1.82) is 0 Å². The van der Waals surface area contributed by atoms with Crippen molar-refractivity contribution < 1.29 is 31.1 Å². The number of carbonyl (C=O) groups is 1. The van der Waals surface area contributed by atoms with E-state index >= 15 is 0 Å². The summed E-state index contributed by atoms with van der Waals surface area (Å²) in [6, 6.07) is 10.9. The van der Waals surface area contributed by atoms with E-state index in [9.17, 15) is 26.4 Å². The van der Waals surface area contributed by atoms with Gasteiger partial charge >= 0.3 is 12.1 Å². The quantitative estimate of drug-likeness (QED) is 0.507. The maximum atomic E-state index is 13.5. The van der Waals surface area contributed by atoms with E-state index < -0.39 is 34.1 Å². The van der Waals surface area contributed by atoms with E-state index in [0.29, 0.717) is 17.0 Å². The van der Waals surface area contributed by atoms with Gasteiger partial charge in [0.1, 0.15) is 0 Å². The minimum atomic E-state index is -4.38. The molecule has 0 spiro atoms. The molecule has 0 radical (unpaired) electrons. The highest BCUT2D eigenvalue weighted by atomic mass is 35.5. The smallest absolute Gasteiger partial charge is 0.391 e. The highest BCUT2D eigenvalue weighted by Gasteiger charge is 2.45. The number of sulfonamides is 1. The average Bonchev–Trinajstić information content (AvgIpc) is 2.77. The summed E-state index contributed by atoms with van der Waals surface area (Å²) in [4.78, 5) is 11.6. The van der Waals surface area contributed by atoms with Gasteiger partial charge in [-0.25, -0.2) is 13.2 Å². The minimum Gasteiger partial charge on any atom is -0.465 e. The lowest BCUT2D eigenvalue weighted by atomic mass is 9.85. The van der Waals surface area contributed by atoms with Crippen LogP contribution < -0.4 is 0 Å². The van der Waals surface area contributed by atoms with Gasteiger partial charge in [-0.3, -0.25) is 0 Å². The number of alkyl halides is 3. The Kier molecular flexibility index (Phi) is 7.52. The van der Waals surface area contributed by atoms with Crippen LogP contribution in [-0.2, 0) is 21.3 Å². The predicted molar refractivity (Wildman–Crippen MR) is 114 cm³/mol. The molecule has 1 fully saturated rings. The lowest BCUT2D eigenvalue weighted by Gasteiger charge is -2.37. The van der Waals surface area contributed by atoms with Gasteiger partial charge in [-0.2, -0.15) is 17.5 Å². The fourth-order valence-electron chi connectivity index (χ4n) is 3.92. The molecule has 0 heterocycles. The first-order chi connectivity index (χ1) is 15.0. The number of esters is 1. The summed E-state index contributed by atoms with van der Waals surface area (Å²) in [7, 11) is -2.85. The first-order valence-corrected chi connectivity index (χ1v) is 11.9. The number of ether oxygens (including phenoxy) is 1. The third-order valence-electron chi connectivity index (χ3n) is 5.65. The first kappa shape index (κ1) is 24.5. The molecule has 5 nitrogen and oxygen atoms in total. The van der Waals surface area contributed by atoms with Gasteiger partial charge in [0.15, 0.2) is 0 Å². The van der Waals surface area contributed by atoms with Gasteiger partial charge in [-0.05, 0) is 61.2 Å². The molecule has 2 atom stereocenters. The van der Waals surface area contributed by atoms with Crippen LogP contribution in [0.5, 0.6) is 0 Å². The second-order valence-corrected chi connectivity index (χ2v) is 10.1. The Hall–Kier alpha value is -2.10. The van der Waals surface area contributed by atoms with E-state index in [-0.39, 0.29) is 36.3 Å². The van der Waals surface area contributed by atoms with Crippen LogP contribution in [0.4, 0.5) is 13.2 Å². The first-order valence-electron chi connectivity index (χ1n) is 10.0. The molecule has 0 aliphatic heterocycles. The molecule has 10 heteroatoms. The summed E-state index contributed by atoms with van der Waals surface area (Å²) in [6.07, 6.45) is -4.07. The molecule has 1 saturated carbocycles. The van der Waals surface area contributed by atoms with E-state index in [1.54, 1.807) is 12.1 Å². The fourth-order valence-corrected chi connectivity index (χ4v) is 5.70. The van der Waals surface area contributed by atoms with Gasteiger partial charge in [0.25, 0.3) is 0 Å². The maximum Gasteiger partial charge on any atom is 0.391 e. The van der Waals surface area contributed by atoms with Crippen LogP contribution in [0.1, 0.15) is 41.6 Å². The van der Waals surface area contributed by atoms with Crippen molar-refractivity contribution in [1.82, 2.24) is 4.31 Å². The zero-order chi connectivity index (χ0) is 23.5.